The van der Waals surface area contributed by atoms with Gasteiger partial charge in [0.1, 0.15) is 5.75 Å². The van der Waals surface area contributed by atoms with E-state index in [1.807, 2.05) is 24.3 Å². The van der Waals surface area contributed by atoms with Gasteiger partial charge in [0.15, 0.2) is 0 Å². The minimum absolute atomic E-state index is 0.0253. The quantitative estimate of drug-likeness (QED) is 0.651. The molecule has 0 heterocycles. The van der Waals surface area contributed by atoms with E-state index in [4.69, 9.17) is 4.74 Å². The van der Waals surface area contributed by atoms with E-state index in [1.54, 1.807) is 32.2 Å². The molecule has 0 saturated carbocycles. The van der Waals surface area contributed by atoms with Crippen molar-refractivity contribution in [2.24, 2.45) is 0 Å². The first-order chi connectivity index (χ1) is 13.3. The largest absolute Gasteiger partial charge is 0.497 e. The topological polar surface area (TPSA) is 92.7 Å². The normalized spacial score (nSPS) is 11.1. The maximum Gasteiger partial charge on any atom is 0.337 e. The summed E-state index contributed by atoms with van der Waals surface area (Å²) < 4.78 is 32.8. The minimum Gasteiger partial charge on any atom is -0.497 e. The number of hydrogen-bond acceptors (Lipinski definition) is 4. The van der Waals surface area contributed by atoms with Gasteiger partial charge in [-0.25, -0.2) is 13.2 Å². The van der Waals surface area contributed by atoms with Crippen molar-refractivity contribution in [3.63, 3.8) is 0 Å². The Hall–Kier alpha value is -3.32. The second-order valence-electron chi connectivity index (χ2n) is 6.21. The molecule has 0 aliphatic heterocycles. The van der Waals surface area contributed by atoms with Crippen LogP contribution in [0, 0.1) is 6.92 Å². The summed E-state index contributed by atoms with van der Waals surface area (Å²) in [5.74, 6) is -0.462. The van der Waals surface area contributed by atoms with Crippen molar-refractivity contribution in [3.05, 3.63) is 77.9 Å². The van der Waals surface area contributed by atoms with Crippen LogP contribution in [0.2, 0.25) is 0 Å². The predicted molar refractivity (Wildman–Crippen MR) is 107 cm³/mol. The van der Waals surface area contributed by atoms with E-state index in [0.29, 0.717) is 0 Å². The number of sulfonamides is 1. The maximum absolute atomic E-state index is 12.7. The fourth-order valence-corrected chi connectivity index (χ4v) is 3.82. The fraction of sp³-hybridized carbons (Fsp3) is 0.0952. The van der Waals surface area contributed by atoms with E-state index in [2.05, 4.69) is 4.72 Å². The third kappa shape index (κ3) is 4.15. The molecule has 0 aliphatic carbocycles. The first-order valence-corrected chi connectivity index (χ1v) is 9.90. The lowest BCUT2D eigenvalue weighted by Gasteiger charge is -2.12. The van der Waals surface area contributed by atoms with Crippen molar-refractivity contribution in [2.75, 3.05) is 11.8 Å². The molecule has 3 rings (SSSR count). The van der Waals surface area contributed by atoms with E-state index in [9.17, 15) is 18.3 Å². The van der Waals surface area contributed by atoms with E-state index in [1.165, 1.54) is 24.3 Å². The number of benzene rings is 3. The number of carboxylic acids is 1. The zero-order valence-corrected chi connectivity index (χ0v) is 16.2. The molecule has 0 aromatic heterocycles. The average Bonchev–Trinajstić information content (AvgIpc) is 2.69. The number of ether oxygens (including phenoxy) is 1. The molecular weight excluding hydrogens is 378 g/mol. The molecule has 0 spiro atoms. The van der Waals surface area contributed by atoms with Crippen LogP contribution < -0.4 is 9.46 Å². The zero-order chi connectivity index (χ0) is 20.3. The number of aromatic carboxylic acids is 1. The molecule has 0 bridgehead atoms. The Labute approximate surface area is 163 Å². The highest BCUT2D eigenvalue weighted by Gasteiger charge is 2.18. The molecule has 0 fully saturated rings. The average molecular weight is 397 g/mol. The Bertz CT molecular complexity index is 1100. The summed E-state index contributed by atoms with van der Waals surface area (Å²) in [6, 6.07) is 18.3. The van der Waals surface area contributed by atoms with E-state index < -0.39 is 16.0 Å². The van der Waals surface area contributed by atoms with Gasteiger partial charge in [0, 0.05) is 0 Å². The standard InChI is InChI=1S/C21H19NO5S/c1-14-3-12-20(19(13-14)21(23)24)22-28(25,26)18-10-6-16(7-11-18)15-4-8-17(27-2)9-5-15/h3-13,22H,1-2H3,(H,23,24). The molecule has 28 heavy (non-hydrogen) atoms. The van der Waals surface area contributed by atoms with Crippen LogP contribution in [0.25, 0.3) is 11.1 Å². The van der Waals surface area contributed by atoms with Gasteiger partial charge >= 0.3 is 5.97 Å². The summed E-state index contributed by atoms with van der Waals surface area (Å²) in [6.07, 6.45) is 0. The Kier molecular flexibility index (Phi) is 5.37. The monoisotopic (exact) mass is 397 g/mol. The molecule has 0 amide bonds. The Balaban J connectivity index is 1.87. The summed E-state index contributed by atoms with van der Waals surface area (Å²) in [7, 11) is -2.34. The molecule has 0 atom stereocenters. The number of carbonyl (C=O) groups is 1. The molecule has 3 aromatic rings. The second-order valence-corrected chi connectivity index (χ2v) is 7.89. The van der Waals surface area contributed by atoms with Gasteiger partial charge in [-0.15, -0.1) is 0 Å². The Morgan fingerprint density at radius 1 is 0.929 bits per heavy atom. The Morgan fingerprint density at radius 2 is 1.50 bits per heavy atom. The summed E-state index contributed by atoms with van der Waals surface area (Å²) in [4.78, 5) is 11.4. The molecule has 2 N–H and O–H groups in total. The predicted octanol–water partition coefficient (Wildman–Crippen LogP) is 4.17. The van der Waals surface area contributed by atoms with Gasteiger partial charge in [-0.1, -0.05) is 35.9 Å². The highest BCUT2D eigenvalue weighted by molar-refractivity contribution is 7.92. The molecule has 7 heteroatoms. The lowest BCUT2D eigenvalue weighted by Crippen LogP contribution is -2.15. The third-order valence-corrected chi connectivity index (χ3v) is 5.62. The number of carboxylic acid groups (broad SMARTS) is 1. The van der Waals surface area contributed by atoms with Gasteiger partial charge in [0.05, 0.1) is 23.3 Å². The number of rotatable bonds is 6. The molecule has 0 saturated heterocycles. The van der Waals surface area contributed by atoms with Crippen molar-refractivity contribution in [2.45, 2.75) is 11.8 Å². The van der Waals surface area contributed by atoms with Gasteiger partial charge in [-0.2, -0.15) is 0 Å². The molecule has 3 aromatic carbocycles. The number of nitrogens with one attached hydrogen (secondary N) is 1. The SMILES string of the molecule is COc1ccc(-c2ccc(S(=O)(=O)Nc3ccc(C)cc3C(=O)O)cc2)cc1. The molecule has 0 aliphatic rings. The summed E-state index contributed by atoms with van der Waals surface area (Å²) in [6.45, 7) is 1.74. The van der Waals surface area contributed by atoms with E-state index >= 15 is 0 Å². The molecule has 0 radical (unpaired) electrons. The van der Waals surface area contributed by atoms with Crippen LogP contribution in [-0.4, -0.2) is 26.6 Å². The molecular formula is C21H19NO5S. The lowest BCUT2D eigenvalue weighted by atomic mass is 10.1. The van der Waals surface area contributed by atoms with Crippen LogP contribution in [0.5, 0.6) is 5.75 Å². The van der Waals surface area contributed by atoms with Gasteiger partial charge in [-0.3, -0.25) is 4.72 Å². The highest BCUT2D eigenvalue weighted by Crippen LogP contribution is 2.26. The van der Waals surface area contributed by atoms with Crippen LogP contribution in [0.4, 0.5) is 5.69 Å². The van der Waals surface area contributed by atoms with Crippen LogP contribution in [-0.2, 0) is 10.0 Å². The second kappa shape index (κ2) is 7.74. The number of anilines is 1. The molecule has 6 nitrogen and oxygen atoms in total. The summed E-state index contributed by atoms with van der Waals surface area (Å²) in [5, 5.41) is 9.31. The first-order valence-electron chi connectivity index (χ1n) is 8.41. The molecule has 0 unspecified atom stereocenters. The summed E-state index contributed by atoms with van der Waals surface area (Å²) in [5.41, 5.74) is 2.42. The smallest absolute Gasteiger partial charge is 0.337 e. The van der Waals surface area contributed by atoms with Crippen LogP contribution in [0.15, 0.2) is 71.6 Å². The van der Waals surface area contributed by atoms with Gasteiger partial charge in [0.2, 0.25) is 0 Å². The van der Waals surface area contributed by atoms with Crippen molar-refractivity contribution in [1.29, 1.82) is 0 Å². The number of aryl methyl sites for hydroxylation is 1. The Morgan fingerprint density at radius 3 is 2.04 bits per heavy atom. The van der Waals surface area contributed by atoms with Gasteiger partial charge in [0.25, 0.3) is 10.0 Å². The van der Waals surface area contributed by atoms with Crippen molar-refractivity contribution in [3.8, 4) is 16.9 Å². The zero-order valence-electron chi connectivity index (χ0n) is 15.3. The van der Waals surface area contributed by atoms with Crippen molar-refractivity contribution in [1.82, 2.24) is 0 Å². The third-order valence-electron chi connectivity index (χ3n) is 4.24. The first kappa shape index (κ1) is 19.4. The number of hydrogen-bond donors (Lipinski definition) is 2. The van der Waals surface area contributed by atoms with E-state index in [0.717, 1.165) is 22.4 Å². The minimum atomic E-state index is -3.93. The van der Waals surface area contributed by atoms with Crippen LogP contribution in [0.1, 0.15) is 15.9 Å². The summed E-state index contributed by atoms with van der Waals surface area (Å²) >= 11 is 0. The molecule has 144 valence electrons. The maximum atomic E-state index is 12.7. The van der Waals surface area contributed by atoms with Gasteiger partial charge in [-0.05, 0) is 54.4 Å². The van der Waals surface area contributed by atoms with E-state index in [-0.39, 0.29) is 16.1 Å². The van der Waals surface area contributed by atoms with Crippen molar-refractivity contribution >= 4 is 21.7 Å². The lowest BCUT2D eigenvalue weighted by molar-refractivity contribution is 0.0698. The number of methoxy groups -OCH3 is 1. The van der Waals surface area contributed by atoms with Crippen LogP contribution >= 0.6 is 0 Å². The van der Waals surface area contributed by atoms with Gasteiger partial charge < -0.3 is 9.84 Å². The van der Waals surface area contributed by atoms with Crippen LogP contribution in [0.3, 0.4) is 0 Å². The highest BCUT2D eigenvalue weighted by atomic mass is 32.2. The van der Waals surface area contributed by atoms with Crippen molar-refractivity contribution < 1.29 is 23.1 Å². The fourth-order valence-electron chi connectivity index (χ4n) is 2.74.